The molecule has 3 aliphatic rings. The van der Waals surface area contributed by atoms with Crippen LogP contribution in [0.1, 0.15) is 50.9 Å². The van der Waals surface area contributed by atoms with Crippen molar-refractivity contribution >= 4 is 40.1 Å². The molecule has 2 atom stereocenters. The molecular weight excluding hydrogens is 514 g/mol. The first-order valence-electron chi connectivity index (χ1n) is 13.7. The molecule has 2 aliphatic heterocycles. The van der Waals surface area contributed by atoms with Gasteiger partial charge in [0, 0.05) is 72.8 Å². The Morgan fingerprint density at radius 2 is 1.79 bits per heavy atom. The van der Waals surface area contributed by atoms with Crippen molar-refractivity contribution in [3.8, 4) is 11.1 Å². The molecule has 1 aromatic carbocycles. The molecule has 0 bridgehead atoms. The van der Waals surface area contributed by atoms with Crippen LogP contribution in [0.2, 0.25) is 5.02 Å². The van der Waals surface area contributed by atoms with E-state index in [1.807, 2.05) is 29.0 Å². The van der Waals surface area contributed by atoms with Gasteiger partial charge in [-0.3, -0.25) is 19.4 Å². The predicted molar refractivity (Wildman–Crippen MR) is 153 cm³/mol. The molecule has 1 N–H and O–H groups in total. The zero-order valence-corrected chi connectivity index (χ0v) is 24.0. The van der Waals surface area contributed by atoms with Gasteiger partial charge in [-0.1, -0.05) is 18.2 Å². The Bertz CT molecular complexity index is 1480. The summed E-state index contributed by atoms with van der Waals surface area (Å²) in [6, 6.07) is 2.46. The van der Waals surface area contributed by atoms with E-state index in [1.165, 1.54) is 6.08 Å². The van der Waals surface area contributed by atoms with Crippen LogP contribution in [0.15, 0.2) is 24.9 Å². The summed E-state index contributed by atoms with van der Waals surface area (Å²) in [5.41, 5.74) is 5.15. The normalized spacial score (nSPS) is 22.8. The van der Waals surface area contributed by atoms with E-state index in [2.05, 4.69) is 47.1 Å². The maximum Gasteiger partial charge on any atom is 0.245 e. The lowest BCUT2D eigenvalue weighted by molar-refractivity contribution is -0.149. The number of hydrogen-bond donors (Lipinski definition) is 1. The van der Waals surface area contributed by atoms with Crippen LogP contribution in [-0.4, -0.2) is 79.9 Å². The highest BCUT2D eigenvalue weighted by molar-refractivity contribution is 6.36. The number of aromatic nitrogens is 4. The van der Waals surface area contributed by atoms with Gasteiger partial charge in [0.15, 0.2) is 5.82 Å². The number of halogens is 1. The molecule has 9 nitrogen and oxygen atoms in total. The van der Waals surface area contributed by atoms with Gasteiger partial charge < -0.3 is 14.7 Å². The molecular formula is C29H36ClN7O2. The zero-order valence-electron chi connectivity index (χ0n) is 23.3. The molecule has 2 amide bonds. The Labute approximate surface area is 233 Å². The first kappa shape index (κ1) is 25.9. The Hall–Kier alpha value is -3.33. The molecule has 3 fully saturated rings. The molecule has 2 aromatic heterocycles. The summed E-state index contributed by atoms with van der Waals surface area (Å²) in [4.78, 5) is 30.4. The van der Waals surface area contributed by atoms with Gasteiger partial charge in [0.25, 0.3) is 0 Å². The summed E-state index contributed by atoms with van der Waals surface area (Å²) < 4.78 is 2.19. The van der Waals surface area contributed by atoms with Crippen molar-refractivity contribution in [2.45, 2.75) is 65.6 Å². The number of carbonyl (C=O) groups is 2. The average molecular weight is 550 g/mol. The molecule has 4 heterocycles. The number of hydrogen-bond acceptors (Lipinski definition) is 5. The van der Waals surface area contributed by atoms with Gasteiger partial charge in [-0.05, 0) is 58.2 Å². The van der Waals surface area contributed by atoms with E-state index >= 15 is 0 Å². The molecule has 3 aromatic rings. The zero-order chi connectivity index (χ0) is 27.8. The van der Waals surface area contributed by atoms with Crippen molar-refractivity contribution in [1.29, 1.82) is 0 Å². The smallest absolute Gasteiger partial charge is 0.245 e. The summed E-state index contributed by atoms with van der Waals surface area (Å²) in [6.07, 6.45) is 5.22. The number of aryl methyl sites for hydroxylation is 1. The van der Waals surface area contributed by atoms with Gasteiger partial charge in [0.2, 0.25) is 11.8 Å². The molecule has 0 unspecified atom stereocenters. The maximum atomic E-state index is 12.2. The van der Waals surface area contributed by atoms with Gasteiger partial charge in [-0.25, -0.2) is 0 Å². The largest absolute Gasteiger partial charge is 0.346 e. The number of fused-ring (bicyclic) bond motifs is 1. The highest BCUT2D eigenvalue weighted by Gasteiger charge is 2.54. The number of likely N-dealkylation sites (tertiary alicyclic amines) is 1. The summed E-state index contributed by atoms with van der Waals surface area (Å²) in [6.45, 7) is 16.6. The third kappa shape index (κ3) is 3.96. The van der Waals surface area contributed by atoms with Crippen molar-refractivity contribution in [3.05, 3.63) is 41.2 Å². The van der Waals surface area contributed by atoms with Crippen LogP contribution in [-0.2, 0) is 9.59 Å². The van der Waals surface area contributed by atoms with Crippen molar-refractivity contribution in [3.63, 3.8) is 0 Å². The number of carbonyl (C=O) groups excluding carboxylic acids is 2. The fraction of sp³-hybridized carbons (Fsp3) is 0.517. The molecule has 0 radical (unpaired) electrons. The predicted octanol–water partition coefficient (Wildman–Crippen LogP) is 4.49. The second-order valence-corrected chi connectivity index (χ2v) is 12.3. The van der Waals surface area contributed by atoms with Gasteiger partial charge in [0.05, 0.1) is 22.8 Å². The monoisotopic (exact) mass is 549 g/mol. The second-order valence-electron chi connectivity index (χ2n) is 11.9. The van der Waals surface area contributed by atoms with E-state index in [1.54, 1.807) is 6.92 Å². The fourth-order valence-electron chi connectivity index (χ4n) is 7.19. The van der Waals surface area contributed by atoms with Crippen LogP contribution in [0.4, 0.5) is 5.82 Å². The highest BCUT2D eigenvalue weighted by Crippen LogP contribution is 2.55. The van der Waals surface area contributed by atoms with Gasteiger partial charge in [0.1, 0.15) is 0 Å². The van der Waals surface area contributed by atoms with Crippen LogP contribution in [0, 0.1) is 19.3 Å². The summed E-state index contributed by atoms with van der Waals surface area (Å²) >= 11 is 7.06. The lowest BCUT2D eigenvalue weighted by Gasteiger charge is -2.58. The van der Waals surface area contributed by atoms with Crippen LogP contribution in [0.3, 0.4) is 0 Å². The van der Waals surface area contributed by atoms with E-state index in [0.29, 0.717) is 18.1 Å². The minimum absolute atomic E-state index is 0.00909. The molecule has 1 aliphatic carbocycles. The van der Waals surface area contributed by atoms with Crippen LogP contribution < -0.4 is 4.90 Å². The number of nitrogens with one attached hydrogen (secondary N) is 1. The summed E-state index contributed by atoms with van der Waals surface area (Å²) in [5, 5.41) is 14.4. The second kappa shape index (κ2) is 9.11. The first-order valence-corrected chi connectivity index (χ1v) is 14.1. The molecule has 2 saturated heterocycles. The molecule has 206 valence electrons. The lowest BCUT2D eigenvalue weighted by Crippen LogP contribution is -2.63. The van der Waals surface area contributed by atoms with E-state index in [0.717, 1.165) is 65.0 Å². The number of aromatic amines is 1. The Kier molecular flexibility index (Phi) is 6.06. The third-order valence-electron chi connectivity index (χ3n) is 9.08. The molecule has 10 heteroatoms. The van der Waals surface area contributed by atoms with Crippen molar-refractivity contribution in [2.24, 2.45) is 5.41 Å². The topological polar surface area (TPSA) is 90.4 Å². The Morgan fingerprint density at radius 1 is 1.13 bits per heavy atom. The summed E-state index contributed by atoms with van der Waals surface area (Å²) in [5.74, 6) is 1.01. The van der Waals surface area contributed by atoms with E-state index in [4.69, 9.17) is 16.7 Å². The molecule has 6 rings (SSSR count). The lowest BCUT2D eigenvalue weighted by atomic mass is 9.60. The number of amides is 2. The Morgan fingerprint density at radius 3 is 2.41 bits per heavy atom. The average Bonchev–Trinajstić information content (AvgIpc) is 3.42. The Balaban J connectivity index is 1.43. The van der Waals surface area contributed by atoms with E-state index in [-0.39, 0.29) is 35.4 Å². The standard InChI is InChI=1S/C29H36ClN7O2/c1-7-24(39)35-14-29(15-35)9-21(10-29)37-19(5)25(26-22-11-31-32-23(22)8-16(2)27(26)30)28(33-37)36-17(3)12-34(20(6)38)13-18(36)4/h7-8,11,17-18,21H,1,9-10,12-15H2,2-6H3,(H,31,32)/t17-,18-/m0/s1. The van der Waals surface area contributed by atoms with Crippen molar-refractivity contribution < 1.29 is 9.59 Å². The van der Waals surface area contributed by atoms with Gasteiger partial charge >= 0.3 is 0 Å². The van der Waals surface area contributed by atoms with Gasteiger partial charge in [-0.15, -0.1) is 0 Å². The maximum absolute atomic E-state index is 12.2. The van der Waals surface area contributed by atoms with Crippen LogP contribution in [0.25, 0.3) is 22.0 Å². The first-order chi connectivity index (χ1) is 18.5. The molecule has 1 saturated carbocycles. The number of benzene rings is 1. The van der Waals surface area contributed by atoms with Crippen molar-refractivity contribution in [1.82, 2.24) is 29.8 Å². The molecule has 1 spiro atoms. The number of piperazine rings is 1. The van der Waals surface area contributed by atoms with Crippen molar-refractivity contribution in [2.75, 3.05) is 31.1 Å². The van der Waals surface area contributed by atoms with Crippen LogP contribution in [0.5, 0.6) is 0 Å². The van der Waals surface area contributed by atoms with E-state index < -0.39 is 0 Å². The third-order valence-corrected chi connectivity index (χ3v) is 9.56. The van der Waals surface area contributed by atoms with Gasteiger partial charge in [-0.2, -0.15) is 10.2 Å². The minimum atomic E-state index is 0.00909. The van der Waals surface area contributed by atoms with E-state index in [9.17, 15) is 9.59 Å². The quantitative estimate of drug-likeness (QED) is 0.484. The number of anilines is 1. The highest BCUT2D eigenvalue weighted by atomic mass is 35.5. The number of rotatable bonds is 4. The SMILES string of the molecule is C=CC(=O)N1CC2(CC(n3nc(N4[C@@H](C)CN(C(C)=O)C[C@@H]4C)c(-c4c(Cl)c(C)cc5[nH]ncc45)c3C)C2)C1. The number of nitrogens with zero attached hydrogens (tertiary/aromatic N) is 6. The fourth-order valence-corrected chi connectivity index (χ4v) is 7.45. The molecule has 39 heavy (non-hydrogen) atoms. The minimum Gasteiger partial charge on any atom is -0.346 e. The number of H-pyrrole nitrogens is 1. The summed E-state index contributed by atoms with van der Waals surface area (Å²) in [7, 11) is 0. The van der Waals surface area contributed by atoms with Crippen LogP contribution >= 0.6 is 11.6 Å².